The number of aryl methyl sites for hydroxylation is 1. The van der Waals surface area contributed by atoms with Crippen LogP contribution in [0.2, 0.25) is 0 Å². The van der Waals surface area contributed by atoms with E-state index in [4.69, 9.17) is 5.10 Å². The summed E-state index contributed by atoms with van der Waals surface area (Å²) in [5.41, 5.74) is 2.51. The monoisotopic (exact) mass is 245 g/mol. The molecular weight excluding hydrogens is 222 g/mol. The number of benzene rings is 1. The maximum atomic E-state index is 4.75. The molecule has 1 unspecified atom stereocenters. The Hall–Kier alpha value is -1.35. The molecule has 1 atom stereocenters. The van der Waals surface area contributed by atoms with Crippen LogP contribution in [0.4, 0.5) is 0 Å². The van der Waals surface area contributed by atoms with Gasteiger partial charge in [-0.3, -0.25) is 4.68 Å². The third-order valence-corrected chi connectivity index (χ3v) is 3.46. The zero-order valence-corrected chi connectivity index (χ0v) is 11.6. The molecule has 98 valence electrons. The molecule has 0 fully saturated rings. The van der Waals surface area contributed by atoms with Crippen molar-refractivity contribution in [2.45, 2.75) is 33.2 Å². The predicted molar refractivity (Wildman–Crippen MR) is 76.8 cm³/mol. The Kier molecular flexibility index (Phi) is 4.37. The van der Waals surface area contributed by atoms with Crippen molar-refractivity contribution < 1.29 is 0 Å². The molecule has 0 aliphatic heterocycles. The summed E-state index contributed by atoms with van der Waals surface area (Å²) in [6, 6.07) is 8.54. The van der Waals surface area contributed by atoms with Gasteiger partial charge in [0.05, 0.1) is 11.2 Å². The average molecular weight is 245 g/mol. The van der Waals surface area contributed by atoms with Crippen molar-refractivity contribution in [2.75, 3.05) is 13.6 Å². The first-order chi connectivity index (χ1) is 8.76. The van der Waals surface area contributed by atoms with Gasteiger partial charge in [-0.2, -0.15) is 5.10 Å². The van der Waals surface area contributed by atoms with Crippen molar-refractivity contribution in [1.29, 1.82) is 0 Å². The lowest BCUT2D eigenvalue weighted by atomic mass is 10.00. The van der Waals surface area contributed by atoms with Gasteiger partial charge in [0, 0.05) is 11.9 Å². The minimum atomic E-state index is 0.668. The number of aromatic nitrogens is 2. The van der Waals surface area contributed by atoms with Gasteiger partial charge >= 0.3 is 0 Å². The lowest BCUT2D eigenvalue weighted by Gasteiger charge is -2.09. The molecule has 1 aromatic carbocycles. The minimum absolute atomic E-state index is 0.668. The molecule has 2 aromatic rings. The molecule has 0 saturated carbocycles. The third kappa shape index (κ3) is 2.72. The van der Waals surface area contributed by atoms with Crippen molar-refractivity contribution in [1.82, 2.24) is 15.1 Å². The van der Waals surface area contributed by atoms with E-state index in [0.29, 0.717) is 5.92 Å². The number of rotatable bonds is 6. The second kappa shape index (κ2) is 6.01. The largest absolute Gasteiger partial charge is 0.320 e. The van der Waals surface area contributed by atoms with E-state index in [0.717, 1.165) is 19.5 Å². The lowest BCUT2D eigenvalue weighted by Crippen LogP contribution is -2.13. The van der Waals surface area contributed by atoms with E-state index in [9.17, 15) is 0 Å². The number of nitrogens with one attached hydrogen (secondary N) is 1. The molecular formula is C15H23N3. The van der Waals surface area contributed by atoms with E-state index in [2.05, 4.69) is 48.1 Å². The zero-order chi connectivity index (χ0) is 13.0. The molecule has 0 radical (unpaired) electrons. The van der Waals surface area contributed by atoms with Gasteiger partial charge in [0.1, 0.15) is 0 Å². The van der Waals surface area contributed by atoms with Crippen LogP contribution in [-0.2, 0) is 13.0 Å². The van der Waals surface area contributed by atoms with Crippen LogP contribution in [0.25, 0.3) is 10.9 Å². The third-order valence-electron chi connectivity index (χ3n) is 3.46. The van der Waals surface area contributed by atoms with E-state index < -0.39 is 0 Å². The fourth-order valence-electron chi connectivity index (χ4n) is 2.41. The highest BCUT2D eigenvalue weighted by Gasteiger charge is 2.12. The summed E-state index contributed by atoms with van der Waals surface area (Å²) >= 11 is 0. The van der Waals surface area contributed by atoms with Gasteiger partial charge in [0.25, 0.3) is 0 Å². The summed E-state index contributed by atoms with van der Waals surface area (Å²) in [7, 11) is 2.01. The van der Waals surface area contributed by atoms with Crippen LogP contribution < -0.4 is 5.32 Å². The Morgan fingerprint density at radius 1 is 1.33 bits per heavy atom. The highest BCUT2D eigenvalue weighted by molar-refractivity contribution is 5.81. The zero-order valence-electron chi connectivity index (χ0n) is 11.6. The summed E-state index contributed by atoms with van der Waals surface area (Å²) in [6.07, 6.45) is 2.26. The van der Waals surface area contributed by atoms with Gasteiger partial charge in [-0.25, -0.2) is 0 Å². The fourth-order valence-corrected chi connectivity index (χ4v) is 2.41. The number of fused-ring (bicyclic) bond motifs is 1. The molecule has 3 heteroatoms. The van der Waals surface area contributed by atoms with Crippen molar-refractivity contribution in [2.24, 2.45) is 5.92 Å². The maximum absolute atomic E-state index is 4.75. The van der Waals surface area contributed by atoms with Crippen LogP contribution in [-0.4, -0.2) is 23.4 Å². The van der Waals surface area contributed by atoms with Crippen LogP contribution >= 0.6 is 0 Å². The van der Waals surface area contributed by atoms with E-state index in [-0.39, 0.29) is 0 Å². The standard InChI is InChI=1S/C15H23N3/c1-4-18-15-8-6-5-7-13(15)14(17-18)11-12(2)9-10-16-3/h5-8,12,16H,4,9-11H2,1-3H3. The maximum Gasteiger partial charge on any atom is 0.0706 e. The molecule has 0 bridgehead atoms. The summed E-state index contributed by atoms with van der Waals surface area (Å²) in [5, 5.41) is 9.28. The van der Waals surface area contributed by atoms with E-state index in [1.165, 1.54) is 23.0 Å². The molecule has 0 aliphatic rings. The fraction of sp³-hybridized carbons (Fsp3) is 0.533. The molecule has 18 heavy (non-hydrogen) atoms. The van der Waals surface area contributed by atoms with Gasteiger partial charge in [0.15, 0.2) is 0 Å². The Bertz CT molecular complexity index is 501. The predicted octanol–water partition coefficient (Wildman–Crippen LogP) is 2.84. The highest BCUT2D eigenvalue weighted by atomic mass is 15.3. The number of para-hydroxylation sites is 1. The second-order valence-electron chi connectivity index (χ2n) is 4.98. The summed E-state index contributed by atoms with van der Waals surface area (Å²) < 4.78 is 2.11. The molecule has 1 N–H and O–H groups in total. The molecule has 0 aliphatic carbocycles. The summed E-state index contributed by atoms with van der Waals surface area (Å²) in [6.45, 7) is 6.46. The van der Waals surface area contributed by atoms with Crippen LogP contribution in [0.1, 0.15) is 26.0 Å². The van der Waals surface area contributed by atoms with Crippen molar-refractivity contribution in [3.8, 4) is 0 Å². The first kappa shape index (κ1) is 13.1. The van der Waals surface area contributed by atoms with E-state index in [1.54, 1.807) is 0 Å². The van der Waals surface area contributed by atoms with Gasteiger partial charge in [0.2, 0.25) is 0 Å². The Morgan fingerprint density at radius 2 is 2.11 bits per heavy atom. The smallest absolute Gasteiger partial charge is 0.0706 e. The van der Waals surface area contributed by atoms with Gasteiger partial charge < -0.3 is 5.32 Å². The average Bonchev–Trinajstić information content (AvgIpc) is 2.75. The Morgan fingerprint density at radius 3 is 2.83 bits per heavy atom. The van der Waals surface area contributed by atoms with Crippen molar-refractivity contribution in [3.63, 3.8) is 0 Å². The van der Waals surface area contributed by atoms with Crippen LogP contribution in [0.5, 0.6) is 0 Å². The van der Waals surface area contributed by atoms with E-state index in [1.807, 2.05) is 7.05 Å². The Labute approximate surface area is 109 Å². The Balaban J connectivity index is 2.22. The van der Waals surface area contributed by atoms with Crippen molar-refractivity contribution >= 4 is 10.9 Å². The number of hydrogen-bond acceptors (Lipinski definition) is 2. The second-order valence-corrected chi connectivity index (χ2v) is 4.98. The highest BCUT2D eigenvalue weighted by Crippen LogP contribution is 2.21. The molecule has 3 nitrogen and oxygen atoms in total. The van der Waals surface area contributed by atoms with Crippen LogP contribution in [0.15, 0.2) is 24.3 Å². The minimum Gasteiger partial charge on any atom is -0.320 e. The quantitative estimate of drug-likeness (QED) is 0.848. The SMILES string of the molecule is CCn1nc(CC(C)CCNC)c2ccccc21. The first-order valence-corrected chi connectivity index (χ1v) is 6.85. The molecule has 0 spiro atoms. The molecule has 1 aromatic heterocycles. The lowest BCUT2D eigenvalue weighted by molar-refractivity contribution is 0.505. The van der Waals surface area contributed by atoms with Crippen molar-refractivity contribution in [3.05, 3.63) is 30.0 Å². The number of hydrogen-bond donors (Lipinski definition) is 1. The number of nitrogens with zero attached hydrogens (tertiary/aromatic N) is 2. The van der Waals surface area contributed by atoms with Crippen LogP contribution in [0.3, 0.4) is 0 Å². The molecule has 1 heterocycles. The molecule has 0 saturated heterocycles. The first-order valence-electron chi connectivity index (χ1n) is 6.85. The van der Waals surface area contributed by atoms with Crippen LogP contribution in [0, 0.1) is 5.92 Å². The van der Waals surface area contributed by atoms with Gasteiger partial charge in [-0.05, 0) is 45.3 Å². The summed E-state index contributed by atoms with van der Waals surface area (Å²) in [5.74, 6) is 0.668. The summed E-state index contributed by atoms with van der Waals surface area (Å²) in [4.78, 5) is 0. The van der Waals surface area contributed by atoms with Gasteiger partial charge in [-0.15, -0.1) is 0 Å². The normalized spacial score (nSPS) is 13.1. The van der Waals surface area contributed by atoms with Gasteiger partial charge in [-0.1, -0.05) is 25.1 Å². The van der Waals surface area contributed by atoms with E-state index >= 15 is 0 Å². The molecule has 2 rings (SSSR count). The molecule has 0 amide bonds. The topological polar surface area (TPSA) is 29.9 Å².